The number of nitrogens with one attached hydrogen (secondary N) is 2. The molecule has 2 unspecified atom stereocenters. The van der Waals surface area contributed by atoms with Gasteiger partial charge in [-0.05, 0) is 47.6 Å². The summed E-state index contributed by atoms with van der Waals surface area (Å²) in [6, 6.07) is -0.301. The molecule has 0 radical (unpaired) electrons. The molecule has 0 aromatic heterocycles. The summed E-state index contributed by atoms with van der Waals surface area (Å²) in [5, 5.41) is 5.92. The minimum absolute atomic E-state index is 0.153. The Morgan fingerprint density at radius 2 is 1.95 bits per heavy atom. The molecule has 1 fully saturated rings. The summed E-state index contributed by atoms with van der Waals surface area (Å²) >= 11 is 0. The van der Waals surface area contributed by atoms with Crippen LogP contribution in [0.15, 0.2) is 0 Å². The average Bonchev–Trinajstić information content (AvgIpc) is 2.25. The van der Waals surface area contributed by atoms with Crippen LogP contribution in [0.4, 0.5) is 4.79 Å². The maximum Gasteiger partial charge on any atom is 0.407 e. The van der Waals surface area contributed by atoms with E-state index < -0.39 is 11.7 Å². The molecular weight excluding hydrogens is 260 g/mol. The number of alkyl carbamates (subject to hydrolysis) is 1. The Hall–Kier alpha value is -1.30. The second-order valence-electron chi connectivity index (χ2n) is 6.34. The normalized spacial score (nSPS) is 23.3. The summed E-state index contributed by atoms with van der Waals surface area (Å²) in [6.45, 7) is 10.3. The maximum absolute atomic E-state index is 12.0. The lowest BCUT2D eigenvalue weighted by Crippen LogP contribution is -2.54. The zero-order valence-electron chi connectivity index (χ0n) is 13.0. The highest BCUT2D eigenvalue weighted by Gasteiger charge is 2.34. The van der Waals surface area contributed by atoms with Crippen LogP contribution in [-0.2, 0) is 14.3 Å². The van der Waals surface area contributed by atoms with Gasteiger partial charge in [-0.25, -0.2) is 4.79 Å². The van der Waals surface area contributed by atoms with E-state index in [2.05, 4.69) is 10.6 Å². The largest absolute Gasteiger partial charge is 0.463 e. The zero-order chi connectivity index (χ0) is 15.3. The van der Waals surface area contributed by atoms with Crippen molar-refractivity contribution in [3.63, 3.8) is 0 Å². The van der Waals surface area contributed by atoms with E-state index in [9.17, 15) is 9.59 Å². The van der Waals surface area contributed by atoms with E-state index in [-0.39, 0.29) is 24.0 Å². The summed E-state index contributed by atoms with van der Waals surface area (Å²) in [5.74, 6) is -0.589. The van der Waals surface area contributed by atoms with Crippen LogP contribution < -0.4 is 10.6 Å². The number of hydrogen-bond donors (Lipinski definition) is 2. The molecule has 1 heterocycles. The van der Waals surface area contributed by atoms with E-state index in [0.29, 0.717) is 13.0 Å². The first-order valence-corrected chi connectivity index (χ1v) is 7.10. The molecule has 1 aliphatic heterocycles. The molecule has 6 heteroatoms. The maximum atomic E-state index is 12.0. The van der Waals surface area contributed by atoms with E-state index >= 15 is 0 Å². The van der Waals surface area contributed by atoms with Gasteiger partial charge in [0.2, 0.25) is 0 Å². The molecule has 0 aromatic carbocycles. The molecule has 0 aliphatic carbocycles. The Morgan fingerprint density at radius 3 is 2.50 bits per heavy atom. The number of hydrogen-bond acceptors (Lipinski definition) is 5. The lowest BCUT2D eigenvalue weighted by molar-refractivity contribution is -0.154. The predicted octanol–water partition coefficient (Wildman–Crippen LogP) is 1.44. The summed E-state index contributed by atoms with van der Waals surface area (Å²) in [6.07, 6.45) is -0.0143. The van der Waals surface area contributed by atoms with Crippen molar-refractivity contribution in [3.8, 4) is 0 Å². The number of amides is 1. The van der Waals surface area contributed by atoms with E-state index in [1.54, 1.807) is 20.8 Å². The van der Waals surface area contributed by atoms with E-state index in [1.165, 1.54) is 0 Å². The fourth-order valence-corrected chi connectivity index (χ4v) is 2.07. The third kappa shape index (κ3) is 5.77. The fraction of sp³-hybridized carbons (Fsp3) is 0.857. The monoisotopic (exact) mass is 286 g/mol. The number of rotatable bonds is 3. The standard InChI is InChI=1S/C14H26N2O4/c1-9(2)19-12(17)10-6-7-15-8-11(10)16-13(18)20-14(3,4)5/h9-11,15H,6-8H2,1-5H3,(H,16,18). The average molecular weight is 286 g/mol. The second-order valence-corrected chi connectivity index (χ2v) is 6.34. The first kappa shape index (κ1) is 16.8. The van der Waals surface area contributed by atoms with Crippen molar-refractivity contribution in [3.05, 3.63) is 0 Å². The molecule has 0 saturated carbocycles. The van der Waals surface area contributed by atoms with Crippen molar-refractivity contribution < 1.29 is 19.1 Å². The summed E-state index contributed by atoms with van der Waals surface area (Å²) in [7, 11) is 0. The first-order chi connectivity index (χ1) is 9.19. The van der Waals surface area contributed by atoms with Gasteiger partial charge in [-0.2, -0.15) is 0 Å². The predicted molar refractivity (Wildman–Crippen MR) is 75.4 cm³/mol. The highest BCUT2D eigenvalue weighted by molar-refractivity contribution is 5.75. The van der Waals surface area contributed by atoms with E-state index in [4.69, 9.17) is 9.47 Å². The molecule has 1 rings (SSSR count). The smallest absolute Gasteiger partial charge is 0.407 e. The van der Waals surface area contributed by atoms with Crippen LogP contribution in [0.5, 0.6) is 0 Å². The van der Waals surface area contributed by atoms with Crippen LogP contribution >= 0.6 is 0 Å². The molecule has 0 spiro atoms. The van der Waals surface area contributed by atoms with Crippen molar-refractivity contribution in [1.29, 1.82) is 0 Å². The summed E-state index contributed by atoms with van der Waals surface area (Å²) in [4.78, 5) is 23.8. The molecule has 1 amide bonds. The lowest BCUT2D eigenvalue weighted by Gasteiger charge is -2.32. The molecule has 0 aromatic rings. The molecule has 0 bridgehead atoms. The van der Waals surface area contributed by atoms with Crippen molar-refractivity contribution in [2.75, 3.05) is 13.1 Å². The van der Waals surface area contributed by atoms with Crippen LogP contribution in [0.25, 0.3) is 0 Å². The Labute approximate surface area is 120 Å². The molecular formula is C14H26N2O4. The highest BCUT2D eigenvalue weighted by atomic mass is 16.6. The van der Waals surface area contributed by atoms with Gasteiger partial charge in [0.25, 0.3) is 0 Å². The first-order valence-electron chi connectivity index (χ1n) is 7.10. The third-order valence-electron chi connectivity index (χ3n) is 2.84. The minimum atomic E-state index is -0.555. The second kappa shape index (κ2) is 6.92. The Bertz CT molecular complexity index is 350. The molecule has 1 aliphatic rings. The van der Waals surface area contributed by atoms with Crippen LogP contribution in [0.2, 0.25) is 0 Å². The summed E-state index contributed by atoms with van der Waals surface area (Å²) < 4.78 is 10.5. The van der Waals surface area contributed by atoms with Gasteiger partial charge in [-0.1, -0.05) is 0 Å². The fourth-order valence-electron chi connectivity index (χ4n) is 2.07. The van der Waals surface area contributed by atoms with Gasteiger partial charge in [0, 0.05) is 6.54 Å². The van der Waals surface area contributed by atoms with Gasteiger partial charge in [0.05, 0.1) is 18.1 Å². The molecule has 1 saturated heterocycles. The zero-order valence-corrected chi connectivity index (χ0v) is 13.0. The van der Waals surface area contributed by atoms with Gasteiger partial charge in [0.1, 0.15) is 5.60 Å². The SMILES string of the molecule is CC(C)OC(=O)C1CCNCC1NC(=O)OC(C)(C)C. The van der Waals surface area contributed by atoms with E-state index in [1.807, 2.05) is 13.8 Å². The molecule has 116 valence electrons. The number of esters is 1. The number of ether oxygens (including phenoxy) is 2. The highest BCUT2D eigenvalue weighted by Crippen LogP contribution is 2.16. The van der Waals surface area contributed by atoms with Crippen molar-refractivity contribution in [2.45, 2.75) is 58.8 Å². The van der Waals surface area contributed by atoms with Crippen molar-refractivity contribution in [1.82, 2.24) is 10.6 Å². The van der Waals surface area contributed by atoms with Crippen molar-refractivity contribution >= 4 is 12.1 Å². The van der Waals surface area contributed by atoms with Gasteiger partial charge < -0.3 is 20.1 Å². The Kier molecular flexibility index (Phi) is 5.80. The van der Waals surface area contributed by atoms with Gasteiger partial charge >= 0.3 is 12.1 Å². The van der Waals surface area contributed by atoms with Crippen molar-refractivity contribution in [2.24, 2.45) is 5.92 Å². The number of carbonyl (C=O) groups is 2. The Morgan fingerprint density at radius 1 is 1.30 bits per heavy atom. The molecule has 6 nitrogen and oxygen atoms in total. The molecule has 2 N–H and O–H groups in total. The van der Waals surface area contributed by atoms with E-state index in [0.717, 1.165) is 6.54 Å². The summed E-state index contributed by atoms with van der Waals surface area (Å²) in [5.41, 5.74) is -0.555. The van der Waals surface area contributed by atoms with Gasteiger partial charge in [-0.15, -0.1) is 0 Å². The van der Waals surface area contributed by atoms with Crippen LogP contribution in [0.3, 0.4) is 0 Å². The Balaban J connectivity index is 2.60. The number of carbonyl (C=O) groups excluding carboxylic acids is 2. The lowest BCUT2D eigenvalue weighted by atomic mass is 9.93. The van der Waals surface area contributed by atoms with Crippen LogP contribution in [0, 0.1) is 5.92 Å². The number of piperidine rings is 1. The minimum Gasteiger partial charge on any atom is -0.463 e. The molecule has 20 heavy (non-hydrogen) atoms. The third-order valence-corrected chi connectivity index (χ3v) is 2.84. The molecule has 2 atom stereocenters. The topological polar surface area (TPSA) is 76.7 Å². The quantitative estimate of drug-likeness (QED) is 0.768. The van der Waals surface area contributed by atoms with Gasteiger partial charge in [0.15, 0.2) is 0 Å². The van der Waals surface area contributed by atoms with Crippen LogP contribution in [-0.4, -0.2) is 42.9 Å². The van der Waals surface area contributed by atoms with Gasteiger partial charge in [-0.3, -0.25) is 4.79 Å². The van der Waals surface area contributed by atoms with Crippen LogP contribution in [0.1, 0.15) is 41.0 Å².